The number of hydrogen-bond acceptors (Lipinski definition) is 5. The Labute approximate surface area is 223 Å². The summed E-state index contributed by atoms with van der Waals surface area (Å²) in [5.41, 5.74) is 14.3. The van der Waals surface area contributed by atoms with Gasteiger partial charge in [0.05, 0.1) is 5.56 Å². The molecule has 0 saturated heterocycles. The SMILES string of the molecule is NC(N)=NCCC[C@H](N)C(=O)O.O=C(C=Cc1c(F)c(F)c(F)c(F)c1F)N[C@@H](Cc1ccc(F)cc1)C(=O)O. The lowest BCUT2D eigenvalue weighted by Crippen LogP contribution is -2.41. The van der Waals surface area contributed by atoms with E-state index in [1.807, 2.05) is 5.32 Å². The maximum atomic E-state index is 13.5. The number of amides is 1. The zero-order valence-electron chi connectivity index (χ0n) is 20.5. The van der Waals surface area contributed by atoms with E-state index < -0.39 is 70.4 Å². The first-order valence-corrected chi connectivity index (χ1v) is 11.2. The van der Waals surface area contributed by atoms with Crippen LogP contribution in [0.3, 0.4) is 0 Å². The Kier molecular flexibility index (Phi) is 13.1. The van der Waals surface area contributed by atoms with Gasteiger partial charge in [-0.15, -0.1) is 0 Å². The summed E-state index contributed by atoms with van der Waals surface area (Å²) >= 11 is 0. The van der Waals surface area contributed by atoms with Crippen molar-refractivity contribution in [3.8, 4) is 0 Å². The zero-order chi connectivity index (χ0) is 30.6. The molecule has 0 aliphatic heterocycles. The lowest BCUT2D eigenvalue weighted by Gasteiger charge is -2.13. The number of halogens is 6. The summed E-state index contributed by atoms with van der Waals surface area (Å²) in [5, 5.41) is 19.5. The fourth-order valence-electron chi connectivity index (χ4n) is 2.85. The molecule has 10 nitrogen and oxygen atoms in total. The van der Waals surface area contributed by atoms with Crippen molar-refractivity contribution >= 4 is 29.9 Å². The zero-order valence-corrected chi connectivity index (χ0v) is 20.5. The number of carboxylic acids is 2. The minimum absolute atomic E-state index is 0.0129. The van der Waals surface area contributed by atoms with Crippen LogP contribution in [0.5, 0.6) is 0 Å². The number of benzene rings is 2. The minimum atomic E-state index is -2.35. The van der Waals surface area contributed by atoms with Crippen molar-refractivity contribution in [2.75, 3.05) is 6.54 Å². The molecule has 2 aromatic carbocycles. The van der Waals surface area contributed by atoms with Gasteiger partial charge in [0.1, 0.15) is 17.9 Å². The predicted molar refractivity (Wildman–Crippen MR) is 130 cm³/mol. The monoisotopic (exact) mass is 577 g/mol. The number of guanidine groups is 1. The number of aliphatic imine (C=N–C) groups is 1. The van der Waals surface area contributed by atoms with Crippen molar-refractivity contribution in [3.05, 3.63) is 76.4 Å². The van der Waals surface area contributed by atoms with Crippen molar-refractivity contribution in [2.24, 2.45) is 22.2 Å². The van der Waals surface area contributed by atoms with Gasteiger partial charge >= 0.3 is 11.9 Å². The number of carboxylic acid groups (broad SMARTS) is 2. The molecule has 0 aromatic heterocycles. The maximum absolute atomic E-state index is 13.5. The molecule has 16 heteroatoms. The molecule has 2 atom stereocenters. The van der Waals surface area contributed by atoms with Gasteiger partial charge in [-0.2, -0.15) is 0 Å². The molecule has 1 amide bonds. The molecule has 218 valence electrons. The lowest BCUT2D eigenvalue weighted by atomic mass is 10.1. The number of aliphatic carboxylic acids is 2. The van der Waals surface area contributed by atoms with Crippen LogP contribution in [0.15, 0.2) is 35.3 Å². The van der Waals surface area contributed by atoms with E-state index in [0.29, 0.717) is 37.1 Å². The number of nitrogens with two attached hydrogens (primary N) is 3. The van der Waals surface area contributed by atoms with Crippen molar-refractivity contribution < 1.29 is 50.9 Å². The van der Waals surface area contributed by atoms with Crippen LogP contribution in [-0.2, 0) is 20.8 Å². The van der Waals surface area contributed by atoms with Crippen LogP contribution in [0.2, 0.25) is 0 Å². The van der Waals surface area contributed by atoms with Crippen molar-refractivity contribution in [1.29, 1.82) is 0 Å². The smallest absolute Gasteiger partial charge is 0.326 e. The summed E-state index contributed by atoms with van der Waals surface area (Å²) < 4.78 is 79.1. The van der Waals surface area contributed by atoms with Crippen LogP contribution < -0.4 is 22.5 Å². The molecule has 9 N–H and O–H groups in total. The third kappa shape index (κ3) is 10.6. The van der Waals surface area contributed by atoms with Gasteiger partial charge in [-0.3, -0.25) is 14.6 Å². The Morgan fingerprint density at radius 1 is 0.875 bits per heavy atom. The molecular formula is C24H25F6N5O5. The summed E-state index contributed by atoms with van der Waals surface area (Å²) in [4.78, 5) is 36.9. The maximum Gasteiger partial charge on any atom is 0.326 e. The molecule has 0 spiro atoms. The predicted octanol–water partition coefficient (Wildman–Crippen LogP) is 1.80. The van der Waals surface area contributed by atoms with Gasteiger partial charge in [0, 0.05) is 19.0 Å². The first kappa shape index (κ1) is 33.4. The van der Waals surface area contributed by atoms with Crippen LogP contribution in [0.25, 0.3) is 6.08 Å². The molecule has 0 aliphatic carbocycles. The van der Waals surface area contributed by atoms with Gasteiger partial charge in [0.2, 0.25) is 11.7 Å². The number of hydrogen-bond donors (Lipinski definition) is 6. The van der Waals surface area contributed by atoms with Crippen molar-refractivity contribution in [3.63, 3.8) is 0 Å². The Morgan fingerprint density at radius 3 is 1.88 bits per heavy atom. The van der Waals surface area contributed by atoms with Crippen LogP contribution in [0.4, 0.5) is 26.3 Å². The third-order valence-corrected chi connectivity index (χ3v) is 4.90. The number of nitrogens with zero attached hydrogens (tertiary/aromatic N) is 1. The largest absolute Gasteiger partial charge is 0.480 e. The Bertz CT molecular complexity index is 1240. The van der Waals surface area contributed by atoms with Gasteiger partial charge in [-0.1, -0.05) is 12.1 Å². The van der Waals surface area contributed by atoms with E-state index in [1.54, 1.807) is 0 Å². The molecule has 0 saturated carbocycles. The molecule has 0 aliphatic rings. The highest BCUT2D eigenvalue weighted by Gasteiger charge is 2.25. The molecule has 40 heavy (non-hydrogen) atoms. The quantitative estimate of drug-likeness (QED) is 0.0442. The fraction of sp³-hybridized carbons (Fsp3) is 0.250. The van der Waals surface area contributed by atoms with E-state index in [2.05, 4.69) is 4.99 Å². The van der Waals surface area contributed by atoms with Crippen LogP contribution in [0.1, 0.15) is 24.0 Å². The van der Waals surface area contributed by atoms with E-state index in [0.717, 1.165) is 12.1 Å². The second kappa shape index (κ2) is 15.7. The normalized spacial score (nSPS) is 12.2. The van der Waals surface area contributed by atoms with Crippen LogP contribution >= 0.6 is 0 Å². The highest BCUT2D eigenvalue weighted by Crippen LogP contribution is 2.24. The Balaban J connectivity index is 0.000000562. The summed E-state index contributed by atoms with van der Waals surface area (Å²) in [7, 11) is 0. The Morgan fingerprint density at radius 2 is 1.40 bits per heavy atom. The summed E-state index contributed by atoms with van der Waals surface area (Å²) in [6, 6.07) is 2.45. The molecular weight excluding hydrogens is 552 g/mol. The molecule has 0 heterocycles. The van der Waals surface area contributed by atoms with Gasteiger partial charge < -0.3 is 32.7 Å². The summed E-state index contributed by atoms with van der Waals surface area (Å²) in [6.45, 7) is 0.420. The highest BCUT2D eigenvalue weighted by molar-refractivity contribution is 5.94. The minimum Gasteiger partial charge on any atom is -0.480 e. The standard InChI is InChI=1S/C18H11F6NO3.C6H14N4O2/c19-9-3-1-8(2-4-9)7-11(18(27)28)25-12(26)6-5-10-13(20)15(22)17(24)16(23)14(10)21;7-4(5(11)12)2-1-3-10-6(8)9/h1-6,11H,7H2,(H,25,26)(H,27,28);4H,1-3,7H2,(H,11,12)(H4,8,9,10)/t11-;4-/m00/s1. The van der Waals surface area contributed by atoms with Gasteiger partial charge in [-0.05, 0) is 36.6 Å². The van der Waals surface area contributed by atoms with Gasteiger partial charge in [-0.25, -0.2) is 31.1 Å². The molecule has 0 bridgehead atoms. The fourth-order valence-corrected chi connectivity index (χ4v) is 2.85. The van der Waals surface area contributed by atoms with E-state index in [9.17, 15) is 40.7 Å². The summed E-state index contributed by atoms with van der Waals surface area (Å²) in [5.74, 6) is -15.1. The third-order valence-electron chi connectivity index (χ3n) is 4.90. The van der Waals surface area contributed by atoms with E-state index in [-0.39, 0.29) is 12.4 Å². The number of nitrogens with one attached hydrogen (secondary N) is 1. The highest BCUT2D eigenvalue weighted by atomic mass is 19.2. The molecule has 0 fully saturated rings. The van der Waals surface area contributed by atoms with Gasteiger partial charge in [0.25, 0.3) is 0 Å². The molecule has 2 rings (SSSR count). The molecule has 0 radical (unpaired) electrons. The first-order valence-electron chi connectivity index (χ1n) is 11.2. The lowest BCUT2D eigenvalue weighted by molar-refractivity contribution is -0.141. The molecule has 0 unspecified atom stereocenters. The summed E-state index contributed by atoms with van der Waals surface area (Å²) in [6.07, 6.45) is 1.48. The number of carbonyl (C=O) groups excluding carboxylic acids is 1. The van der Waals surface area contributed by atoms with Gasteiger partial charge in [0.15, 0.2) is 29.2 Å². The van der Waals surface area contributed by atoms with E-state index in [1.165, 1.54) is 12.1 Å². The van der Waals surface area contributed by atoms with Crippen molar-refractivity contribution in [2.45, 2.75) is 31.3 Å². The van der Waals surface area contributed by atoms with Crippen molar-refractivity contribution in [1.82, 2.24) is 5.32 Å². The topological polar surface area (TPSA) is 194 Å². The first-order chi connectivity index (χ1) is 18.6. The van der Waals surface area contributed by atoms with Crippen LogP contribution in [-0.4, -0.2) is 52.6 Å². The number of carbonyl (C=O) groups is 3. The average Bonchev–Trinajstić information content (AvgIpc) is 2.89. The second-order valence-electron chi connectivity index (χ2n) is 7.94. The van der Waals surface area contributed by atoms with E-state index in [4.69, 9.17) is 27.4 Å². The Hall–Kier alpha value is -4.60. The second-order valence-corrected chi connectivity index (χ2v) is 7.94. The number of rotatable bonds is 11. The van der Waals surface area contributed by atoms with E-state index >= 15 is 0 Å². The average molecular weight is 577 g/mol. The van der Waals surface area contributed by atoms with Crippen LogP contribution in [0, 0.1) is 34.9 Å². The molecule has 2 aromatic rings.